The second-order valence-corrected chi connectivity index (χ2v) is 17.0. The van der Waals surface area contributed by atoms with Crippen LogP contribution in [0.25, 0.3) is 109 Å². The molecule has 11 aromatic rings. The molecule has 0 spiro atoms. The van der Waals surface area contributed by atoms with Gasteiger partial charge in [-0.25, -0.2) is 15.0 Å². The van der Waals surface area contributed by atoms with Gasteiger partial charge in [-0.15, -0.1) is 11.3 Å². The zero-order valence-corrected chi connectivity index (χ0v) is 32.8. The van der Waals surface area contributed by atoms with Crippen LogP contribution in [0.5, 0.6) is 0 Å². The van der Waals surface area contributed by atoms with Crippen molar-refractivity contribution >= 4 is 63.8 Å². The van der Waals surface area contributed by atoms with Gasteiger partial charge in [0.25, 0.3) is 0 Å². The molecule has 0 fully saturated rings. The number of nitrogens with zero attached hydrogens (tertiary/aromatic N) is 3. The number of aromatic nitrogens is 3. The Morgan fingerprint density at radius 2 is 0.897 bits per heavy atom. The normalized spacial score (nSPS) is 13.1. The van der Waals surface area contributed by atoms with Crippen LogP contribution in [-0.2, 0) is 5.41 Å². The maximum atomic E-state index is 5.31. The summed E-state index contributed by atoms with van der Waals surface area (Å²) in [4.78, 5) is 15.7. The van der Waals surface area contributed by atoms with Crippen LogP contribution in [0.4, 0.5) is 0 Å². The van der Waals surface area contributed by atoms with Crippen LogP contribution in [0, 0.1) is 0 Å². The summed E-state index contributed by atoms with van der Waals surface area (Å²) in [5, 5.41) is 10.1. The Morgan fingerprint density at radius 1 is 0.345 bits per heavy atom. The summed E-state index contributed by atoms with van der Waals surface area (Å²) in [5.74, 6) is 2.01. The molecule has 0 N–H and O–H groups in total. The van der Waals surface area contributed by atoms with E-state index in [9.17, 15) is 0 Å². The van der Waals surface area contributed by atoms with Gasteiger partial charge in [0.05, 0.1) is 0 Å². The first-order chi connectivity index (χ1) is 28.5. The van der Waals surface area contributed by atoms with Crippen molar-refractivity contribution in [2.45, 2.75) is 19.3 Å². The van der Waals surface area contributed by atoms with Crippen molar-refractivity contribution in [3.8, 4) is 56.4 Å². The highest BCUT2D eigenvalue weighted by Gasteiger charge is 2.35. The van der Waals surface area contributed by atoms with Crippen molar-refractivity contribution < 1.29 is 0 Å². The van der Waals surface area contributed by atoms with Gasteiger partial charge in [0.1, 0.15) is 0 Å². The molecule has 272 valence electrons. The minimum atomic E-state index is -0.134. The lowest BCUT2D eigenvalue weighted by Gasteiger charge is -2.21. The monoisotopic (exact) mass is 757 g/mol. The molecule has 0 aliphatic heterocycles. The van der Waals surface area contributed by atoms with Crippen molar-refractivity contribution in [2.24, 2.45) is 0 Å². The molecule has 3 nitrogen and oxygen atoms in total. The molecule has 9 aromatic carbocycles. The SMILES string of the molecule is CC1(C)c2ccccc2-c2ccc(-c3nc(-c4ccccc4)nc(-c4cccc5sc6ccc(-c7ccc8c9ccccc9c9ccccc9c8c7)cc6c45)n3)cc21. The lowest BCUT2D eigenvalue weighted by Crippen LogP contribution is -2.15. The maximum absolute atomic E-state index is 5.31. The molecule has 0 saturated carbocycles. The second-order valence-electron chi connectivity index (χ2n) is 15.9. The van der Waals surface area contributed by atoms with E-state index in [1.807, 2.05) is 29.5 Å². The zero-order valence-electron chi connectivity index (χ0n) is 32.0. The molecule has 0 atom stereocenters. The number of rotatable bonds is 4. The quantitative estimate of drug-likeness (QED) is 0.168. The number of hydrogen-bond donors (Lipinski definition) is 0. The fourth-order valence-corrected chi connectivity index (χ4v) is 10.6. The fourth-order valence-electron chi connectivity index (χ4n) is 9.47. The zero-order chi connectivity index (χ0) is 38.5. The Hall–Kier alpha value is -7.01. The first-order valence-electron chi connectivity index (χ1n) is 19.9. The second kappa shape index (κ2) is 12.5. The van der Waals surface area contributed by atoms with Crippen molar-refractivity contribution in [3.05, 3.63) is 187 Å². The minimum absolute atomic E-state index is 0.134. The summed E-state index contributed by atoms with van der Waals surface area (Å²) >= 11 is 1.82. The van der Waals surface area contributed by atoms with Crippen molar-refractivity contribution in [3.63, 3.8) is 0 Å². The van der Waals surface area contributed by atoms with Crippen molar-refractivity contribution in [2.75, 3.05) is 0 Å². The van der Waals surface area contributed by atoms with Crippen LogP contribution in [0.3, 0.4) is 0 Å². The summed E-state index contributed by atoms with van der Waals surface area (Å²) < 4.78 is 2.45. The molecule has 0 radical (unpaired) electrons. The van der Waals surface area contributed by atoms with Crippen molar-refractivity contribution in [1.82, 2.24) is 15.0 Å². The molecule has 58 heavy (non-hydrogen) atoms. The number of fused-ring (bicyclic) bond motifs is 12. The highest BCUT2D eigenvalue weighted by atomic mass is 32.1. The van der Waals surface area contributed by atoms with Gasteiger partial charge in [0.15, 0.2) is 17.5 Å². The molecular formula is C54H35N3S. The topological polar surface area (TPSA) is 38.7 Å². The molecule has 0 saturated heterocycles. The summed E-state index contributed by atoms with van der Waals surface area (Å²) in [5.41, 5.74) is 10.4. The highest BCUT2D eigenvalue weighted by Crippen LogP contribution is 2.50. The number of thiophene rings is 1. The van der Waals surface area contributed by atoms with Gasteiger partial charge >= 0.3 is 0 Å². The van der Waals surface area contributed by atoms with Gasteiger partial charge in [-0.05, 0) is 96.0 Å². The summed E-state index contributed by atoms with van der Waals surface area (Å²) in [6.07, 6.45) is 0. The summed E-state index contributed by atoms with van der Waals surface area (Å²) in [7, 11) is 0. The van der Waals surface area contributed by atoms with Gasteiger partial charge in [-0.1, -0.05) is 159 Å². The first kappa shape index (κ1) is 33.2. The lowest BCUT2D eigenvalue weighted by atomic mass is 9.82. The van der Waals surface area contributed by atoms with Gasteiger partial charge in [0.2, 0.25) is 0 Å². The predicted octanol–water partition coefficient (Wildman–Crippen LogP) is 14.7. The average molecular weight is 758 g/mol. The molecule has 4 heteroatoms. The molecule has 0 bridgehead atoms. The highest BCUT2D eigenvalue weighted by molar-refractivity contribution is 7.26. The van der Waals surface area contributed by atoms with E-state index in [1.54, 1.807) is 0 Å². The molecule has 1 aliphatic rings. The molecule has 0 unspecified atom stereocenters. The molecule has 2 aromatic heterocycles. The third-order valence-corrected chi connectivity index (χ3v) is 13.5. The molecule has 12 rings (SSSR count). The Bertz CT molecular complexity index is 3450. The third-order valence-electron chi connectivity index (χ3n) is 12.3. The van der Waals surface area contributed by atoms with Crippen LogP contribution in [0.2, 0.25) is 0 Å². The van der Waals surface area contributed by atoms with Gasteiger partial charge in [-0.2, -0.15) is 0 Å². The van der Waals surface area contributed by atoms with Crippen LogP contribution < -0.4 is 0 Å². The van der Waals surface area contributed by atoms with Crippen LogP contribution in [0.15, 0.2) is 176 Å². The lowest BCUT2D eigenvalue weighted by molar-refractivity contribution is 0.660. The van der Waals surface area contributed by atoms with Crippen molar-refractivity contribution in [1.29, 1.82) is 0 Å². The Morgan fingerprint density at radius 3 is 1.66 bits per heavy atom. The Labute approximate surface area is 340 Å². The van der Waals surface area contributed by atoms with E-state index in [0.29, 0.717) is 17.5 Å². The Balaban J connectivity index is 1.04. The van der Waals surface area contributed by atoms with Crippen LogP contribution in [0.1, 0.15) is 25.0 Å². The smallest absolute Gasteiger partial charge is 0.164 e. The van der Waals surface area contributed by atoms with E-state index in [1.165, 1.54) is 85.9 Å². The van der Waals surface area contributed by atoms with E-state index >= 15 is 0 Å². The first-order valence-corrected chi connectivity index (χ1v) is 20.7. The largest absolute Gasteiger partial charge is 0.208 e. The van der Waals surface area contributed by atoms with E-state index in [4.69, 9.17) is 15.0 Å². The minimum Gasteiger partial charge on any atom is -0.208 e. The van der Waals surface area contributed by atoms with Crippen LogP contribution >= 0.6 is 11.3 Å². The predicted molar refractivity (Wildman–Crippen MR) is 245 cm³/mol. The van der Waals surface area contributed by atoms with Gasteiger partial charge < -0.3 is 0 Å². The molecular weight excluding hydrogens is 723 g/mol. The van der Waals surface area contributed by atoms with Gasteiger partial charge in [0, 0.05) is 42.3 Å². The fraction of sp³-hybridized carbons (Fsp3) is 0.0556. The molecule has 1 aliphatic carbocycles. The number of hydrogen-bond acceptors (Lipinski definition) is 4. The van der Waals surface area contributed by atoms with Gasteiger partial charge in [-0.3, -0.25) is 0 Å². The molecule has 2 heterocycles. The third kappa shape index (κ3) is 4.95. The summed E-state index contributed by atoms with van der Waals surface area (Å²) in [6, 6.07) is 63.7. The average Bonchev–Trinajstić information content (AvgIpc) is 3.77. The number of benzene rings is 9. The van der Waals surface area contributed by atoms with E-state index in [-0.39, 0.29) is 5.41 Å². The maximum Gasteiger partial charge on any atom is 0.164 e. The van der Waals surface area contributed by atoms with E-state index in [2.05, 4.69) is 172 Å². The van der Waals surface area contributed by atoms with E-state index in [0.717, 1.165) is 16.7 Å². The van der Waals surface area contributed by atoms with E-state index < -0.39 is 0 Å². The van der Waals surface area contributed by atoms with Crippen LogP contribution in [-0.4, -0.2) is 15.0 Å². The summed E-state index contributed by atoms with van der Waals surface area (Å²) in [6.45, 7) is 4.63. The molecule has 0 amide bonds. The standard InChI is InChI=1S/C54H35N3S/c1-54(2)46-21-11-10-19-41(46)42-27-24-35(31-47(42)54)52-55-51(32-13-4-3-5-14-32)56-53(57-52)43-20-12-22-49-50(43)45-30-34(25-28-48(45)58-49)33-23-26-40-38-17-7-6-15-36(38)37-16-8-9-18-39(37)44(40)29-33/h3-31H,1-2H3. The Kier molecular flexibility index (Phi) is 7.14.